The number of para-hydroxylation sites is 3. The lowest BCUT2D eigenvalue weighted by Crippen LogP contribution is -2.32. The molecule has 108 heavy (non-hydrogen) atoms. The summed E-state index contributed by atoms with van der Waals surface area (Å²) in [7, 11) is 0. The van der Waals surface area contributed by atoms with E-state index in [4.69, 9.17) is 39.4 Å². The van der Waals surface area contributed by atoms with Crippen molar-refractivity contribution in [1.82, 2.24) is 29.9 Å². The Labute approximate surface area is 623 Å². The normalized spacial score (nSPS) is 14.2. The van der Waals surface area contributed by atoms with Crippen molar-refractivity contribution < 1.29 is 9.47 Å². The third-order valence-electron chi connectivity index (χ3n) is 22.5. The van der Waals surface area contributed by atoms with Crippen LogP contribution in [-0.4, -0.2) is 29.9 Å². The molecule has 0 bridgehead atoms. The summed E-state index contributed by atoms with van der Waals surface area (Å²) >= 11 is 0. The zero-order chi connectivity index (χ0) is 71.0. The molecule has 2 aliphatic carbocycles. The van der Waals surface area contributed by atoms with Crippen molar-refractivity contribution in [1.29, 1.82) is 0 Å². The second kappa shape index (κ2) is 24.1. The van der Waals surface area contributed by atoms with Gasteiger partial charge >= 0.3 is 0 Å². The van der Waals surface area contributed by atoms with E-state index in [2.05, 4.69) is 346 Å². The Hall–Kier alpha value is -14.3. The zero-order valence-electron chi connectivity index (χ0n) is 58.1. The monoisotopic (exact) mass is 1380 g/mol. The Balaban J connectivity index is 0.644. The highest BCUT2D eigenvalue weighted by Crippen LogP contribution is 2.65. The summed E-state index contributed by atoms with van der Waals surface area (Å²) in [6.07, 6.45) is 0. The van der Waals surface area contributed by atoms with Gasteiger partial charge in [-0.1, -0.05) is 303 Å². The summed E-state index contributed by atoms with van der Waals surface area (Å²) in [5, 5.41) is 4.53. The van der Waals surface area contributed by atoms with E-state index in [1.54, 1.807) is 0 Å². The molecule has 0 N–H and O–H groups in total. The Morgan fingerprint density at radius 1 is 0.157 bits per heavy atom. The van der Waals surface area contributed by atoms with Gasteiger partial charge in [-0.15, -0.1) is 0 Å². The van der Waals surface area contributed by atoms with Gasteiger partial charge in [-0.25, -0.2) is 29.9 Å². The first-order valence-electron chi connectivity index (χ1n) is 36.6. The molecule has 16 aromatic carbocycles. The van der Waals surface area contributed by atoms with Crippen molar-refractivity contribution in [2.75, 3.05) is 0 Å². The predicted octanol–water partition coefficient (Wildman–Crippen LogP) is 24.3. The van der Waals surface area contributed by atoms with Crippen LogP contribution in [0.1, 0.15) is 44.5 Å². The van der Waals surface area contributed by atoms with Crippen LogP contribution in [0.3, 0.4) is 0 Å². The summed E-state index contributed by atoms with van der Waals surface area (Å²) in [4.78, 5) is 32.0. The topological polar surface area (TPSA) is 95.8 Å². The molecule has 22 rings (SSSR count). The molecule has 0 radical (unpaired) electrons. The molecule has 2 spiro atoms. The fraction of sp³-hybridized carbons (Fsp3) is 0.0200. The lowest BCUT2D eigenvalue weighted by atomic mass is 9.65. The number of nitrogens with zero attached hydrogens (tertiary/aromatic N) is 6. The number of fused-ring (bicyclic) bond motifs is 20. The minimum absolute atomic E-state index is 0.570. The summed E-state index contributed by atoms with van der Waals surface area (Å²) in [5.41, 5.74) is 24.1. The molecule has 4 heterocycles. The lowest BCUT2D eigenvalue weighted by molar-refractivity contribution is 0.436. The molecule has 0 saturated carbocycles. The number of hydrogen-bond acceptors (Lipinski definition) is 8. The minimum Gasteiger partial charge on any atom is -0.457 e. The summed E-state index contributed by atoms with van der Waals surface area (Å²) in [6.45, 7) is 0. The highest BCUT2D eigenvalue weighted by atomic mass is 16.5. The van der Waals surface area contributed by atoms with E-state index in [1.165, 1.54) is 27.8 Å². The summed E-state index contributed by atoms with van der Waals surface area (Å²) < 4.78 is 13.7. The first-order chi connectivity index (χ1) is 53.5. The van der Waals surface area contributed by atoms with Gasteiger partial charge in [0.2, 0.25) is 0 Å². The van der Waals surface area contributed by atoms with Crippen molar-refractivity contribution in [2.24, 2.45) is 0 Å². The smallest absolute Gasteiger partial charge is 0.164 e. The molecule has 8 heteroatoms. The highest BCUT2D eigenvalue weighted by Gasteiger charge is 2.53. The van der Waals surface area contributed by atoms with Gasteiger partial charge in [0, 0.05) is 55.6 Å². The Bertz CT molecular complexity index is 6640. The number of benzene rings is 16. The van der Waals surface area contributed by atoms with Crippen LogP contribution in [0.5, 0.6) is 23.0 Å². The fourth-order valence-electron chi connectivity index (χ4n) is 17.6. The first-order valence-corrected chi connectivity index (χ1v) is 36.6. The average molecular weight is 1380 g/mol. The Morgan fingerprint density at radius 2 is 0.481 bits per heavy atom. The maximum absolute atomic E-state index is 7.07. The van der Waals surface area contributed by atoms with Crippen LogP contribution in [-0.2, 0) is 10.8 Å². The van der Waals surface area contributed by atoms with Crippen LogP contribution >= 0.6 is 0 Å². The van der Waals surface area contributed by atoms with Crippen molar-refractivity contribution in [3.63, 3.8) is 0 Å². The minimum atomic E-state index is -0.821. The van der Waals surface area contributed by atoms with Gasteiger partial charge in [-0.05, 0) is 160 Å². The van der Waals surface area contributed by atoms with Gasteiger partial charge in [0.1, 0.15) is 23.0 Å². The molecule has 0 amide bonds. The van der Waals surface area contributed by atoms with Crippen LogP contribution in [0.2, 0.25) is 0 Å². The number of hydrogen-bond donors (Lipinski definition) is 0. The van der Waals surface area contributed by atoms with Crippen LogP contribution < -0.4 is 9.47 Å². The van der Waals surface area contributed by atoms with E-state index < -0.39 is 10.8 Å². The van der Waals surface area contributed by atoms with Gasteiger partial charge in [0.25, 0.3) is 0 Å². The summed E-state index contributed by atoms with van der Waals surface area (Å²) in [6, 6.07) is 130. The molecule has 1 atom stereocenters. The van der Waals surface area contributed by atoms with Gasteiger partial charge in [-0.2, -0.15) is 0 Å². The van der Waals surface area contributed by atoms with E-state index in [0.29, 0.717) is 34.9 Å². The second-order valence-electron chi connectivity index (χ2n) is 28.3. The predicted molar refractivity (Wildman–Crippen MR) is 432 cm³/mol. The molecule has 4 aliphatic rings. The molecule has 8 nitrogen and oxygen atoms in total. The summed E-state index contributed by atoms with van der Waals surface area (Å²) in [5.74, 6) is 6.85. The van der Waals surface area contributed by atoms with E-state index in [1.807, 2.05) is 18.2 Å². The third-order valence-corrected chi connectivity index (χ3v) is 22.5. The molecule has 502 valence electrons. The van der Waals surface area contributed by atoms with Crippen molar-refractivity contribution >= 4 is 21.5 Å². The van der Waals surface area contributed by atoms with Crippen LogP contribution in [0.25, 0.3) is 146 Å². The van der Waals surface area contributed by atoms with Crippen LogP contribution in [0.4, 0.5) is 0 Å². The number of rotatable bonds is 9. The molecule has 1 unspecified atom stereocenters. The van der Waals surface area contributed by atoms with Crippen LogP contribution in [0, 0.1) is 0 Å². The van der Waals surface area contributed by atoms with Crippen molar-refractivity contribution in [3.05, 3.63) is 408 Å². The van der Waals surface area contributed by atoms with Gasteiger partial charge in [-0.3, -0.25) is 0 Å². The average Bonchev–Trinajstić information content (AvgIpc) is 1.50. The number of aromatic nitrogens is 6. The number of ether oxygens (including phenoxy) is 2. The van der Waals surface area contributed by atoms with Gasteiger partial charge in [0.05, 0.1) is 10.8 Å². The van der Waals surface area contributed by atoms with Crippen LogP contribution in [0.15, 0.2) is 364 Å². The molecular formula is C100H60N6O2. The molecule has 0 saturated heterocycles. The lowest BCUT2D eigenvalue weighted by Gasteiger charge is -2.39. The quantitative estimate of drug-likeness (QED) is 0.141. The van der Waals surface area contributed by atoms with Gasteiger partial charge in [0.15, 0.2) is 34.9 Å². The zero-order valence-corrected chi connectivity index (χ0v) is 58.1. The van der Waals surface area contributed by atoms with E-state index >= 15 is 0 Å². The SMILES string of the molecule is c1ccc(-c2nc(-c3ccc(-c4ccc5c(c4)C4(c6ccccc6Oc6ccccc64)c4ccccc4-5)cc3)nc(-c3ccccc3-c3cccc(-c4ccc5c(c4)C4(c6ccccc6O5)c5ccccc5-c5ccc(-c6nc(-c7ccc8ccccc8c7)nc(-c7ccc8ccccc8c7)n6)cc54)c3)n2)cc1. The molecular weight excluding hydrogens is 1320 g/mol. The van der Waals surface area contributed by atoms with Gasteiger partial charge < -0.3 is 9.47 Å². The van der Waals surface area contributed by atoms with E-state index in [0.717, 1.165) is 150 Å². The van der Waals surface area contributed by atoms with Crippen molar-refractivity contribution in [2.45, 2.75) is 10.8 Å². The maximum atomic E-state index is 7.07. The van der Waals surface area contributed by atoms with Crippen molar-refractivity contribution in [3.8, 4) is 147 Å². The Kier molecular flexibility index (Phi) is 13.7. The standard InChI is InChI=1S/C100H60N6O2/c1-2-23-64(24-3-1)93-101-94(65-45-41-63(42-46-65)69-49-52-78-76-30-10-12-33-81(76)99(86(78)58-69)83-35-14-17-38-89(83)107-90-39-18-15-36-84(90)99)106-98(105-93)80-32-9-8-29-75(80)71-28-20-27-68(55-71)70-51-54-92-88(59-70)100(85-37-16-19-40-91(85)108-92)82-34-13-11-31-77(82)79-53-50-74(60-87(79)100)97-103-95(72-47-43-61-21-4-6-25-66(61)56-72)102-96(104-97)73-48-44-62-22-5-7-26-67(62)57-73/h1-60H. The Morgan fingerprint density at radius 3 is 1.05 bits per heavy atom. The van der Waals surface area contributed by atoms with E-state index in [9.17, 15) is 0 Å². The molecule has 18 aromatic rings. The fourth-order valence-corrected chi connectivity index (χ4v) is 17.6. The second-order valence-corrected chi connectivity index (χ2v) is 28.3. The molecule has 2 aromatic heterocycles. The third kappa shape index (κ3) is 9.43. The molecule has 0 fully saturated rings. The first kappa shape index (κ1) is 61.2. The molecule has 2 aliphatic heterocycles. The largest absolute Gasteiger partial charge is 0.457 e. The highest BCUT2D eigenvalue weighted by molar-refractivity contribution is 5.95. The van der Waals surface area contributed by atoms with E-state index in [-0.39, 0.29) is 0 Å². The maximum Gasteiger partial charge on any atom is 0.164 e.